The molecule has 0 amide bonds. The molecule has 4 rings (SSSR count). The Labute approximate surface area is 132 Å². The van der Waals surface area contributed by atoms with Crippen LogP contribution in [0.25, 0.3) is 11.8 Å². The van der Waals surface area contributed by atoms with E-state index >= 15 is 0 Å². The van der Waals surface area contributed by atoms with Gasteiger partial charge >= 0.3 is 0 Å². The molecule has 2 aliphatic rings. The number of fused-ring (bicyclic) bond motifs is 1. The summed E-state index contributed by atoms with van der Waals surface area (Å²) in [5.74, 6) is 1.05. The quantitative estimate of drug-likeness (QED) is 0.677. The lowest BCUT2D eigenvalue weighted by molar-refractivity contribution is -0.00135. The summed E-state index contributed by atoms with van der Waals surface area (Å²) in [4.78, 5) is 0. The van der Waals surface area contributed by atoms with Crippen molar-refractivity contribution in [2.24, 2.45) is 0 Å². The topological polar surface area (TPSA) is 9.23 Å². The largest absolute Gasteiger partial charge is 0.486 e. The van der Waals surface area contributed by atoms with Crippen molar-refractivity contribution < 1.29 is 4.74 Å². The van der Waals surface area contributed by atoms with Gasteiger partial charge in [0.25, 0.3) is 0 Å². The third-order valence-corrected chi connectivity index (χ3v) is 4.98. The van der Waals surface area contributed by atoms with Crippen LogP contribution in [0.3, 0.4) is 0 Å². The Morgan fingerprint density at radius 2 is 1.55 bits per heavy atom. The van der Waals surface area contributed by atoms with Crippen molar-refractivity contribution in [3.05, 3.63) is 71.3 Å². The van der Waals surface area contributed by atoms with Crippen molar-refractivity contribution in [3.8, 4) is 0 Å². The molecule has 0 saturated heterocycles. The minimum atomic E-state index is 0.0349. The summed E-state index contributed by atoms with van der Waals surface area (Å²) >= 11 is 0. The molecule has 1 fully saturated rings. The van der Waals surface area contributed by atoms with Gasteiger partial charge in [-0.3, -0.25) is 0 Å². The fourth-order valence-electron chi connectivity index (χ4n) is 3.87. The Morgan fingerprint density at radius 3 is 2.36 bits per heavy atom. The minimum Gasteiger partial charge on any atom is -0.486 e. The molecule has 22 heavy (non-hydrogen) atoms. The zero-order chi connectivity index (χ0) is 14.8. The van der Waals surface area contributed by atoms with Crippen molar-refractivity contribution in [1.29, 1.82) is 0 Å². The molecular formula is C21H22O. The molecule has 1 aliphatic carbocycles. The van der Waals surface area contributed by atoms with Crippen LogP contribution < -0.4 is 0 Å². The number of ether oxygens (including phenoxy) is 1. The Kier molecular flexibility index (Phi) is 3.49. The monoisotopic (exact) mass is 290 g/mol. The van der Waals surface area contributed by atoms with Crippen LogP contribution in [-0.4, -0.2) is 5.60 Å². The van der Waals surface area contributed by atoms with Crippen LogP contribution in [-0.2, 0) is 11.2 Å². The molecular weight excluding hydrogens is 268 g/mol. The maximum atomic E-state index is 6.61. The first-order chi connectivity index (χ1) is 10.8. The molecule has 0 N–H and O–H groups in total. The summed E-state index contributed by atoms with van der Waals surface area (Å²) in [6, 6.07) is 19.2. The van der Waals surface area contributed by atoms with Gasteiger partial charge in [-0.1, -0.05) is 61.0 Å². The molecule has 0 radical (unpaired) electrons. The summed E-state index contributed by atoms with van der Waals surface area (Å²) in [5, 5.41) is 0. The summed E-state index contributed by atoms with van der Waals surface area (Å²) in [6.07, 6.45) is 9.58. The normalized spacial score (nSPS) is 21.4. The van der Waals surface area contributed by atoms with Crippen LogP contribution in [0.4, 0.5) is 0 Å². The van der Waals surface area contributed by atoms with Gasteiger partial charge in [0, 0.05) is 12.0 Å². The standard InChI is InChI=1S/C21H22O/c1-3-9-17(10-4-1)15-20-19-12-6-5-11-18(19)16-21(22-20)13-7-2-8-14-21/h1,3-6,9-12,15H,2,7-8,13-14,16H2/b20-15-. The third-order valence-electron chi connectivity index (χ3n) is 4.98. The SMILES string of the molecule is C(=C1/OC2(CCCCC2)Cc2ccccc21)/c1ccccc1. The molecule has 112 valence electrons. The van der Waals surface area contributed by atoms with Gasteiger partial charge < -0.3 is 4.74 Å². The second-order valence-corrected chi connectivity index (χ2v) is 6.60. The molecule has 1 heterocycles. The highest BCUT2D eigenvalue weighted by atomic mass is 16.5. The lowest BCUT2D eigenvalue weighted by atomic mass is 9.77. The predicted octanol–water partition coefficient (Wildman–Crippen LogP) is 5.46. The molecule has 1 saturated carbocycles. The first-order valence-corrected chi connectivity index (χ1v) is 8.39. The first-order valence-electron chi connectivity index (χ1n) is 8.39. The fraction of sp³-hybridized carbons (Fsp3) is 0.333. The van der Waals surface area contributed by atoms with Crippen LogP contribution in [0.1, 0.15) is 48.8 Å². The van der Waals surface area contributed by atoms with Crippen LogP contribution >= 0.6 is 0 Å². The van der Waals surface area contributed by atoms with E-state index in [1.54, 1.807) is 0 Å². The highest BCUT2D eigenvalue weighted by molar-refractivity contribution is 5.80. The molecule has 0 atom stereocenters. The molecule has 1 spiro atoms. The highest BCUT2D eigenvalue weighted by Crippen LogP contribution is 2.43. The van der Waals surface area contributed by atoms with Gasteiger partial charge in [-0.15, -0.1) is 0 Å². The van der Waals surface area contributed by atoms with E-state index in [4.69, 9.17) is 4.74 Å². The average Bonchev–Trinajstić information content (AvgIpc) is 2.56. The van der Waals surface area contributed by atoms with E-state index in [9.17, 15) is 0 Å². The van der Waals surface area contributed by atoms with Crippen molar-refractivity contribution in [3.63, 3.8) is 0 Å². The molecule has 2 aromatic rings. The third kappa shape index (κ3) is 2.56. The lowest BCUT2D eigenvalue weighted by Gasteiger charge is -2.42. The molecule has 1 heteroatoms. The first kappa shape index (κ1) is 13.6. The molecule has 0 unspecified atom stereocenters. The van der Waals surface area contributed by atoms with Crippen LogP contribution in [0.5, 0.6) is 0 Å². The summed E-state index contributed by atoms with van der Waals surface area (Å²) in [7, 11) is 0. The number of rotatable bonds is 1. The van der Waals surface area contributed by atoms with E-state index < -0.39 is 0 Å². The smallest absolute Gasteiger partial charge is 0.128 e. The van der Waals surface area contributed by atoms with Gasteiger partial charge in [-0.25, -0.2) is 0 Å². The fourth-order valence-corrected chi connectivity index (χ4v) is 3.87. The summed E-state index contributed by atoms with van der Waals surface area (Å²) < 4.78 is 6.61. The van der Waals surface area contributed by atoms with Crippen molar-refractivity contribution >= 4 is 11.8 Å². The van der Waals surface area contributed by atoms with Crippen LogP contribution in [0.15, 0.2) is 54.6 Å². The van der Waals surface area contributed by atoms with Gasteiger partial charge in [0.1, 0.15) is 11.4 Å². The van der Waals surface area contributed by atoms with Crippen molar-refractivity contribution in [2.75, 3.05) is 0 Å². The van der Waals surface area contributed by atoms with Crippen LogP contribution in [0.2, 0.25) is 0 Å². The zero-order valence-electron chi connectivity index (χ0n) is 12.9. The zero-order valence-corrected chi connectivity index (χ0v) is 12.9. The van der Waals surface area contributed by atoms with E-state index in [1.807, 2.05) is 0 Å². The summed E-state index contributed by atoms with van der Waals surface area (Å²) in [6.45, 7) is 0. The second-order valence-electron chi connectivity index (χ2n) is 6.60. The van der Waals surface area contributed by atoms with E-state index in [1.165, 1.54) is 48.8 Å². The Hall–Kier alpha value is -2.02. The maximum Gasteiger partial charge on any atom is 0.128 e. The maximum absolute atomic E-state index is 6.61. The van der Waals surface area contributed by atoms with E-state index in [0.717, 1.165) is 12.2 Å². The predicted molar refractivity (Wildman–Crippen MR) is 91.4 cm³/mol. The molecule has 0 aromatic heterocycles. The summed E-state index contributed by atoms with van der Waals surface area (Å²) in [5.41, 5.74) is 3.95. The van der Waals surface area contributed by atoms with E-state index in [0.29, 0.717) is 0 Å². The number of benzene rings is 2. The average molecular weight is 290 g/mol. The Balaban J connectivity index is 1.77. The van der Waals surface area contributed by atoms with Gasteiger partial charge in [-0.2, -0.15) is 0 Å². The molecule has 2 aromatic carbocycles. The van der Waals surface area contributed by atoms with Gasteiger partial charge in [-0.05, 0) is 42.9 Å². The van der Waals surface area contributed by atoms with Gasteiger partial charge in [0.2, 0.25) is 0 Å². The minimum absolute atomic E-state index is 0.0349. The number of hydrogen-bond donors (Lipinski definition) is 0. The molecule has 0 bridgehead atoms. The lowest BCUT2D eigenvalue weighted by Crippen LogP contribution is -2.39. The van der Waals surface area contributed by atoms with E-state index in [-0.39, 0.29) is 5.60 Å². The van der Waals surface area contributed by atoms with Crippen LogP contribution in [0, 0.1) is 0 Å². The van der Waals surface area contributed by atoms with Gasteiger partial charge in [0.05, 0.1) is 0 Å². The van der Waals surface area contributed by atoms with Gasteiger partial charge in [0.15, 0.2) is 0 Å². The van der Waals surface area contributed by atoms with E-state index in [2.05, 4.69) is 60.7 Å². The second kappa shape index (κ2) is 5.64. The van der Waals surface area contributed by atoms with Crippen molar-refractivity contribution in [1.82, 2.24) is 0 Å². The van der Waals surface area contributed by atoms with Crippen molar-refractivity contribution in [2.45, 2.75) is 44.1 Å². The molecule has 1 aliphatic heterocycles. The molecule has 1 nitrogen and oxygen atoms in total. The number of hydrogen-bond acceptors (Lipinski definition) is 1. The Bertz CT molecular complexity index is 678. The Morgan fingerprint density at radius 1 is 0.818 bits per heavy atom. The highest BCUT2D eigenvalue weighted by Gasteiger charge is 2.39.